The van der Waals surface area contributed by atoms with Crippen LogP contribution in [0, 0.1) is 0 Å². The van der Waals surface area contributed by atoms with Gasteiger partial charge in [-0.25, -0.2) is 0 Å². The Bertz CT molecular complexity index is 3740. The minimum Gasteiger partial charge on any atom is -0.455 e. The van der Waals surface area contributed by atoms with E-state index in [2.05, 4.69) is 254 Å². The normalized spacial score (nSPS) is 12.7. The second-order valence-corrected chi connectivity index (χ2v) is 17.2. The zero-order valence-corrected chi connectivity index (χ0v) is 35.5. The fourth-order valence-electron chi connectivity index (χ4n) is 10.9. The number of benzene rings is 11. The highest BCUT2D eigenvalue weighted by atomic mass is 16.3. The van der Waals surface area contributed by atoms with Gasteiger partial charge < -0.3 is 9.32 Å². The standard InChI is InChI=1S/C63H41NO/c1-3-22-46(23-4-1)63(47-24-5-2-6-25-47)58-33-12-11-30-55(58)56-38-36-50(41-59(56)63)64(48-26-13-20-44(39-48)52-31-15-19-42-17-7-9-28-51(42)52)49-27-14-21-45(40-49)53-32-16-34-60-61(53)57-37-35-43-18-8-10-29-54(43)62(57)65-60/h1-41H. The number of nitrogens with zero attached hydrogens (tertiary/aromatic N) is 1. The summed E-state index contributed by atoms with van der Waals surface area (Å²) < 4.78 is 6.68. The summed E-state index contributed by atoms with van der Waals surface area (Å²) in [5, 5.41) is 7.00. The van der Waals surface area contributed by atoms with Gasteiger partial charge in [0.2, 0.25) is 0 Å². The highest BCUT2D eigenvalue weighted by Crippen LogP contribution is 2.57. The third-order valence-corrected chi connectivity index (χ3v) is 13.7. The molecular weight excluding hydrogens is 787 g/mol. The number of rotatable bonds is 7. The monoisotopic (exact) mass is 827 g/mol. The zero-order valence-electron chi connectivity index (χ0n) is 35.5. The Morgan fingerprint density at radius 2 is 0.862 bits per heavy atom. The third-order valence-electron chi connectivity index (χ3n) is 13.7. The molecule has 13 rings (SSSR count). The van der Waals surface area contributed by atoms with Crippen LogP contribution in [0.4, 0.5) is 17.1 Å². The van der Waals surface area contributed by atoms with Gasteiger partial charge in [0.05, 0.1) is 5.41 Å². The van der Waals surface area contributed by atoms with E-state index in [0.717, 1.165) is 55.5 Å². The Balaban J connectivity index is 1.05. The molecule has 65 heavy (non-hydrogen) atoms. The lowest BCUT2D eigenvalue weighted by Gasteiger charge is -2.35. The molecule has 0 aliphatic heterocycles. The molecular formula is C63H41NO. The quantitative estimate of drug-likeness (QED) is 0.159. The summed E-state index contributed by atoms with van der Waals surface area (Å²) in [7, 11) is 0. The first kappa shape index (κ1) is 37.1. The molecule has 0 fully saturated rings. The lowest BCUT2D eigenvalue weighted by Crippen LogP contribution is -2.28. The largest absolute Gasteiger partial charge is 0.455 e. The van der Waals surface area contributed by atoms with E-state index in [1.54, 1.807) is 0 Å². The Hall–Kier alpha value is -8.46. The van der Waals surface area contributed by atoms with Crippen LogP contribution in [0.1, 0.15) is 22.3 Å². The smallest absolute Gasteiger partial charge is 0.143 e. The molecule has 0 saturated heterocycles. The molecule has 0 saturated carbocycles. The number of hydrogen-bond acceptors (Lipinski definition) is 2. The highest BCUT2D eigenvalue weighted by molar-refractivity contribution is 6.19. The average Bonchev–Trinajstić information content (AvgIpc) is 3.91. The van der Waals surface area contributed by atoms with E-state index >= 15 is 0 Å². The first-order valence-electron chi connectivity index (χ1n) is 22.4. The van der Waals surface area contributed by atoms with Crippen molar-refractivity contribution in [2.24, 2.45) is 0 Å². The van der Waals surface area contributed by atoms with Crippen molar-refractivity contribution in [1.82, 2.24) is 0 Å². The molecule has 304 valence electrons. The van der Waals surface area contributed by atoms with E-state index in [0.29, 0.717) is 0 Å². The van der Waals surface area contributed by atoms with Crippen molar-refractivity contribution >= 4 is 60.5 Å². The van der Waals surface area contributed by atoms with Crippen molar-refractivity contribution in [1.29, 1.82) is 0 Å². The summed E-state index contributed by atoms with van der Waals surface area (Å²) in [6, 6.07) is 90.9. The lowest BCUT2D eigenvalue weighted by molar-refractivity contribution is 0.673. The van der Waals surface area contributed by atoms with Crippen LogP contribution in [0.3, 0.4) is 0 Å². The Labute approximate surface area is 377 Å². The molecule has 0 spiro atoms. The maximum absolute atomic E-state index is 6.68. The summed E-state index contributed by atoms with van der Waals surface area (Å²) in [5.74, 6) is 0. The van der Waals surface area contributed by atoms with E-state index in [4.69, 9.17) is 4.42 Å². The van der Waals surface area contributed by atoms with E-state index in [1.165, 1.54) is 60.7 Å². The summed E-state index contributed by atoms with van der Waals surface area (Å²) in [4.78, 5) is 2.45. The number of anilines is 3. The van der Waals surface area contributed by atoms with Gasteiger partial charge in [0, 0.05) is 33.2 Å². The molecule has 0 bridgehead atoms. The molecule has 1 aromatic heterocycles. The van der Waals surface area contributed by atoms with Crippen LogP contribution in [0.2, 0.25) is 0 Å². The van der Waals surface area contributed by atoms with E-state index in [9.17, 15) is 0 Å². The Morgan fingerprint density at radius 1 is 0.323 bits per heavy atom. The maximum Gasteiger partial charge on any atom is 0.143 e. The first-order valence-corrected chi connectivity index (χ1v) is 22.4. The van der Waals surface area contributed by atoms with Crippen molar-refractivity contribution in [3.05, 3.63) is 271 Å². The van der Waals surface area contributed by atoms with Crippen LogP contribution in [-0.4, -0.2) is 0 Å². The second kappa shape index (κ2) is 14.8. The maximum atomic E-state index is 6.68. The number of fused-ring (bicyclic) bond motifs is 9. The molecule has 11 aromatic carbocycles. The molecule has 0 N–H and O–H groups in total. The molecule has 1 aliphatic carbocycles. The Kier molecular flexibility index (Phi) is 8.47. The van der Waals surface area contributed by atoms with Crippen molar-refractivity contribution < 1.29 is 4.42 Å². The lowest BCUT2D eigenvalue weighted by atomic mass is 9.67. The van der Waals surface area contributed by atoms with Crippen LogP contribution in [0.25, 0.3) is 76.9 Å². The fraction of sp³-hybridized carbons (Fsp3) is 0.0159. The zero-order chi connectivity index (χ0) is 42.9. The first-order chi connectivity index (χ1) is 32.2. The van der Waals surface area contributed by atoms with E-state index < -0.39 is 5.41 Å². The third kappa shape index (κ3) is 5.74. The predicted octanol–water partition coefficient (Wildman–Crippen LogP) is 17.1. The van der Waals surface area contributed by atoms with Gasteiger partial charge in [-0.2, -0.15) is 0 Å². The minimum absolute atomic E-state index is 0.537. The van der Waals surface area contributed by atoms with E-state index in [1.807, 2.05) is 0 Å². The predicted molar refractivity (Wildman–Crippen MR) is 272 cm³/mol. The van der Waals surface area contributed by atoms with Gasteiger partial charge in [0.1, 0.15) is 11.2 Å². The van der Waals surface area contributed by atoms with Crippen molar-refractivity contribution in [2.45, 2.75) is 5.41 Å². The Morgan fingerprint density at radius 3 is 1.62 bits per heavy atom. The molecule has 0 unspecified atom stereocenters. The molecule has 2 heteroatoms. The fourth-order valence-corrected chi connectivity index (χ4v) is 10.9. The summed E-state index contributed by atoms with van der Waals surface area (Å²) in [6.45, 7) is 0. The second-order valence-electron chi connectivity index (χ2n) is 17.2. The molecule has 0 amide bonds. The van der Waals surface area contributed by atoms with Crippen molar-refractivity contribution in [3.8, 4) is 33.4 Å². The number of hydrogen-bond donors (Lipinski definition) is 0. The topological polar surface area (TPSA) is 16.4 Å². The minimum atomic E-state index is -0.537. The SMILES string of the molecule is c1ccc(C2(c3ccccc3)c3ccccc3-c3ccc(N(c4cccc(-c5cccc6ccccc56)c4)c4cccc(-c5cccc6oc7c8ccccc8ccc7c56)c4)cc32)cc1. The van der Waals surface area contributed by atoms with E-state index in [-0.39, 0.29) is 0 Å². The molecule has 2 nitrogen and oxygen atoms in total. The van der Waals surface area contributed by atoms with Crippen LogP contribution in [0.5, 0.6) is 0 Å². The molecule has 1 heterocycles. The summed E-state index contributed by atoms with van der Waals surface area (Å²) in [6.07, 6.45) is 0. The van der Waals surface area contributed by atoms with Gasteiger partial charge in [-0.3, -0.25) is 0 Å². The van der Waals surface area contributed by atoms with Crippen LogP contribution >= 0.6 is 0 Å². The summed E-state index contributed by atoms with van der Waals surface area (Å²) >= 11 is 0. The van der Waals surface area contributed by atoms with Crippen molar-refractivity contribution in [3.63, 3.8) is 0 Å². The van der Waals surface area contributed by atoms with Crippen molar-refractivity contribution in [2.75, 3.05) is 4.90 Å². The molecule has 0 atom stereocenters. The highest BCUT2D eigenvalue weighted by Gasteiger charge is 2.46. The van der Waals surface area contributed by atoms with Crippen LogP contribution in [-0.2, 0) is 5.41 Å². The van der Waals surface area contributed by atoms with Crippen LogP contribution in [0.15, 0.2) is 253 Å². The number of furan rings is 1. The van der Waals surface area contributed by atoms with Gasteiger partial charge >= 0.3 is 0 Å². The van der Waals surface area contributed by atoms with Gasteiger partial charge in [-0.05, 0) is 120 Å². The van der Waals surface area contributed by atoms with Gasteiger partial charge in [0.25, 0.3) is 0 Å². The molecule has 12 aromatic rings. The van der Waals surface area contributed by atoms with Gasteiger partial charge in [-0.15, -0.1) is 0 Å². The molecule has 1 aliphatic rings. The summed E-state index contributed by atoms with van der Waals surface area (Å²) in [5.41, 5.74) is 16.7. The average molecular weight is 828 g/mol. The molecule has 0 radical (unpaired) electrons. The van der Waals surface area contributed by atoms with Gasteiger partial charge in [0.15, 0.2) is 0 Å². The van der Waals surface area contributed by atoms with Crippen LogP contribution < -0.4 is 4.90 Å². The van der Waals surface area contributed by atoms with Gasteiger partial charge in [-0.1, -0.05) is 200 Å².